The van der Waals surface area contributed by atoms with Crippen molar-refractivity contribution < 1.29 is 4.79 Å². The summed E-state index contributed by atoms with van der Waals surface area (Å²) in [6.45, 7) is 4.07. The number of carbonyl (C=O) groups is 1. The van der Waals surface area contributed by atoms with Crippen LogP contribution in [0.25, 0.3) is 0 Å². The van der Waals surface area contributed by atoms with Crippen LogP contribution in [-0.4, -0.2) is 30.8 Å². The van der Waals surface area contributed by atoms with Crippen molar-refractivity contribution >= 4 is 5.78 Å². The molecule has 0 atom stereocenters. The van der Waals surface area contributed by atoms with Gasteiger partial charge in [-0.15, -0.1) is 0 Å². The van der Waals surface area contributed by atoms with Crippen LogP contribution in [0.5, 0.6) is 0 Å². The number of nitrogens with zero attached hydrogens (tertiary/aromatic N) is 1. The zero-order valence-corrected chi connectivity index (χ0v) is 11.5. The Kier molecular flexibility index (Phi) is 4.54. The first kappa shape index (κ1) is 13.3. The molecule has 0 aliphatic heterocycles. The van der Waals surface area contributed by atoms with E-state index in [9.17, 15) is 4.79 Å². The quantitative estimate of drug-likeness (QED) is 0.717. The molecule has 1 aromatic carbocycles. The first-order chi connectivity index (χ1) is 8.65. The lowest BCUT2D eigenvalue weighted by atomic mass is 9.85. The number of hydrogen-bond acceptors (Lipinski definition) is 2. The van der Waals surface area contributed by atoms with Crippen molar-refractivity contribution in [1.29, 1.82) is 0 Å². The third-order valence-corrected chi connectivity index (χ3v) is 3.89. The monoisotopic (exact) mass is 245 g/mol. The molecule has 0 spiro atoms. The molecule has 1 aliphatic rings. The second kappa shape index (κ2) is 6.14. The predicted molar refractivity (Wildman–Crippen MR) is 75.0 cm³/mol. The molecule has 1 aliphatic carbocycles. The molecule has 2 heteroatoms. The summed E-state index contributed by atoms with van der Waals surface area (Å²) in [6, 6.07) is 7.88. The molecule has 2 rings (SSSR count). The molecular weight excluding hydrogens is 222 g/mol. The molecule has 0 unspecified atom stereocenters. The van der Waals surface area contributed by atoms with Crippen molar-refractivity contribution in [1.82, 2.24) is 4.90 Å². The zero-order valence-electron chi connectivity index (χ0n) is 11.5. The summed E-state index contributed by atoms with van der Waals surface area (Å²) in [5.41, 5.74) is 2.05. The summed E-state index contributed by atoms with van der Waals surface area (Å²) in [6.07, 6.45) is 4.76. The van der Waals surface area contributed by atoms with Gasteiger partial charge in [0, 0.05) is 25.1 Å². The van der Waals surface area contributed by atoms with Crippen LogP contribution in [0.1, 0.15) is 41.6 Å². The van der Waals surface area contributed by atoms with E-state index < -0.39 is 0 Å². The molecule has 0 saturated heterocycles. The van der Waals surface area contributed by atoms with E-state index in [2.05, 4.69) is 11.9 Å². The number of aryl methyl sites for hydroxylation is 1. The summed E-state index contributed by atoms with van der Waals surface area (Å²) < 4.78 is 0. The minimum absolute atomic E-state index is 0.260. The van der Waals surface area contributed by atoms with Crippen molar-refractivity contribution in [2.24, 2.45) is 5.92 Å². The number of ketones is 1. The van der Waals surface area contributed by atoms with Crippen molar-refractivity contribution in [3.8, 4) is 0 Å². The van der Waals surface area contributed by atoms with Crippen LogP contribution in [-0.2, 0) is 0 Å². The summed E-state index contributed by atoms with van der Waals surface area (Å²) in [5.74, 6) is 1.14. The van der Waals surface area contributed by atoms with Gasteiger partial charge in [-0.25, -0.2) is 0 Å². The van der Waals surface area contributed by atoms with E-state index in [1.807, 2.05) is 31.2 Å². The summed E-state index contributed by atoms with van der Waals surface area (Å²) >= 11 is 0. The summed E-state index contributed by atoms with van der Waals surface area (Å²) in [4.78, 5) is 14.3. The number of hydrogen-bond donors (Lipinski definition) is 0. The van der Waals surface area contributed by atoms with E-state index in [4.69, 9.17) is 0 Å². The molecule has 2 nitrogen and oxygen atoms in total. The van der Waals surface area contributed by atoms with E-state index >= 15 is 0 Å². The smallest absolute Gasteiger partial charge is 0.164 e. The van der Waals surface area contributed by atoms with Crippen LogP contribution in [0, 0.1) is 12.8 Å². The Morgan fingerprint density at radius 2 is 1.94 bits per heavy atom. The molecule has 0 bridgehead atoms. The lowest BCUT2D eigenvalue weighted by Gasteiger charge is -2.29. The maximum Gasteiger partial charge on any atom is 0.164 e. The Morgan fingerprint density at radius 1 is 1.28 bits per heavy atom. The number of rotatable bonds is 6. The van der Waals surface area contributed by atoms with Gasteiger partial charge in [0.05, 0.1) is 0 Å². The predicted octanol–water partition coefficient (Wildman–Crippen LogP) is 3.30. The second-order valence-electron chi connectivity index (χ2n) is 5.60. The number of Topliss-reactive ketones (excluding diaryl/α,β-unsaturated/α-hetero) is 1. The van der Waals surface area contributed by atoms with Gasteiger partial charge in [0.25, 0.3) is 0 Å². The van der Waals surface area contributed by atoms with Gasteiger partial charge in [-0.05, 0) is 32.7 Å². The van der Waals surface area contributed by atoms with Gasteiger partial charge in [0.1, 0.15) is 0 Å². The molecule has 98 valence electrons. The fourth-order valence-electron chi connectivity index (χ4n) is 2.38. The standard InChI is InChI=1S/C16H23NO/c1-13-6-8-15(9-7-13)16(18)10-11-17(2)12-14-4-3-5-14/h6-9,14H,3-5,10-12H2,1-2H3. The van der Waals surface area contributed by atoms with Crippen LogP contribution in [0.4, 0.5) is 0 Å². The van der Waals surface area contributed by atoms with Crippen LogP contribution >= 0.6 is 0 Å². The molecule has 1 aromatic rings. The third-order valence-electron chi connectivity index (χ3n) is 3.89. The first-order valence-corrected chi connectivity index (χ1v) is 6.93. The van der Waals surface area contributed by atoms with Crippen molar-refractivity contribution in [2.75, 3.05) is 20.1 Å². The molecular formula is C16H23NO. The minimum atomic E-state index is 0.260. The number of benzene rings is 1. The molecule has 1 fully saturated rings. The van der Waals surface area contributed by atoms with Gasteiger partial charge in [0.2, 0.25) is 0 Å². The topological polar surface area (TPSA) is 20.3 Å². The molecule has 0 amide bonds. The largest absolute Gasteiger partial charge is 0.306 e. The molecule has 0 N–H and O–H groups in total. The van der Waals surface area contributed by atoms with Gasteiger partial charge in [-0.3, -0.25) is 4.79 Å². The van der Waals surface area contributed by atoms with E-state index in [-0.39, 0.29) is 5.78 Å². The maximum absolute atomic E-state index is 12.0. The number of carbonyl (C=O) groups excluding carboxylic acids is 1. The fraction of sp³-hybridized carbons (Fsp3) is 0.562. The maximum atomic E-state index is 12.0. The average Bonchev–Trinajstić information content (AvgIpc) is 2.32. The Hall–Kier alpha value is -1.15. The lowest BCUT2D eigenvalue weighted by Crippen LogP contribution is -2.31. The molecule has 0 aromatic heterocycles. The van der Waals surface area contributed by atoms with Crippen molar-refractivity contribution in [3.63, 3.8) is 0 Å². The average molecular weight is 245 g/mol. The van der Waals surface area contributed by atoms with E-state index in [0.717, 1.165) is 24.6 Å². The van der Waals surface area contributed by atoms with Crippen LogP contribution in [0.15, 0.2) is 24.3 Å². The normalized spacial score (nSPS) is 15.7. The second-order valence-corrected chi connectivity index (χ2v) is 5.60. The molecule has 18 heavy (non-hydrogen) atoms. The lowest BCUT2D eigenvalue weighted by molar-refractivity contribution is 0.0961. The summed E-state index contributed by atoms with van der Waals surface area (Å²) in [7, 11) is 2.13. The molecule has 0 radical (unpaired) electrons. The minimum Gasteiger partial charge on any atom is -0.306 e. The van der Waals surface area contributed by atoms with E-state index in [0.29, 0.717) is 6.42 Å². The van der Waals surface area contributed by atoms with Gasteiger partial charge in [0.15, 0.2) is 5.78 Å². The van der Waals surface area contributed by atoms with Crippen LogP contribution in [0.3, 0.4) is 0 Å². The Bertz CT molecular complexity index is 392. The molecule has 1 saturated carbocycles. The van der Waals surface area contributed by atoms with Gasteiger partial charge >= 0.3 is 0 Å². The zero-order chi connectivity index (χ0) is 13.0. The Morgan fingerprint density at radius 3 is 2.50 bits per heavy atom. The SMILES string of the molecule is Cc1ccc(C(=O)CCN(C)CC2CCC2)cc1. The summed E-state index contributed by atoms with van der Waals surface area (Å²) in [5, 5.41) is 0. The van der Waals surface area contributed by atoms with Crippen molar-refractivity contribution in [2.45, 2.75) is 32.6 Å². The van der Waals surface area contributed by atoms with Gasteiger partial charge in [-0.2, -0.15) is 0 Å². The fourth-order valence-corrected chi connectivity index (χ4v) is 2.38. The Labute approximate surface area is 110 Å². The van der Waals surface area contributed by atoms with Crippen molar-refractivity contribution in [3.05, 3.63) is 35.4 Å². The highest BCUT2D eigenvalue weighted by atomic mass is 16.1. The van der Waals surface area contributed by atoms with Crippen LogP contribution in [0.2, 0.25) is 0 Å². The third kappa shape index (κ3) is 3.67. The highest BCUT2D eigenvalue weighted by Crippen LogP contribution is 2.26. The molecule has 0 heterocycles. The Balaban J connectivity index is 1.75. The first-order valence-electron chi connectivity index (χ1n) is 6.93. The highest BCUT2D eigenvalue weighted by molar-refractivity contribution is 5.96. The van der Waals surface area contributed by atoms with Gasteiger partial charge in [-0.1, -0.05) is 36.2 Å². The van der Waals surface area contributed by atoms with Crippen LogP contribution < -0.4 is 0 Å². The van der Waals surface area contributed by atoms with E-state index in [1.165, 1.54) is 24.8 Å². The van der Waals surface area contributed by atoms with Gasteiger partial charge < -0.3 is 4.90 Å². The highest BCUT2D eigenvalue weighted by Gasteiger charge is 2.19. The van der Waals surface area contributed by atoms with E-state index in [1.54, 1.807) is 0 Å².